The zero-order valence-corrected chi connectivity index (χ0v) is 17.3. The van der Waals surface area contributed by atoms with Gasteiger partial charge in [0, 0.05) is 23.2 Å². The standard InChI is InChI=1S/C20H17ClN4O4S/c21-13-3-1-12(2-4-13)9-15-19(27)23-20(25-24-15)30-11-18(26)22-14-5-6-16-17(10-14)29-8-7-28-16/h1-6,10H,7-9,11H2,(H,22,26)(H,23,25,27). The maximum absolute atomic E-state index is 12.3. The molecule has 0 fully saturated rings. The van der Waals surface area contributed by atoms with Crippen LogP contribution in [0.4, 0.5) is 5.69 Å². The molecule has 2 N–H and O–H groups in total. The molecule has 2 aromatic carbocycles. The lowest BCUT2D eigenvalue weighted by Gasteiger charge is -2.18. The molecule has 0 saturated carbocycles. The minimum atomic E-state index is -0.338. The number of aromatic amines is 1. The summed E-state index contributed by atoms with van der Waals surface area (Å²) in [6, 6.07) is 12.4. The monoisotopic (exact) mass is 444 g/mol. The third-order valence-electron chi connectivity index (χ3n) is 4.19. The number of benzene rings is 2. The van der Waals surface area contributed by atoms with E-state index < -0.39 is 0 Å². The van der Waals surface area contributed by atoms with Crippen LogP contribution < -0.4 is 20.3 Å². The molecule has 3 aromatic rings. The summed E-state index contributed by atoms with van der Waals surface area (Å²) >= 11 is 6.96. The molecular weight excluding hydrogens is 428 g/mol. The summed E-state index contributed by atoms with van der Waals surface area (Å²) in [5, 5.41) is 11.7. The number of amides is 1. The van der Waals surface area contributed by atoms with Crippen molar-refractivity contribution in [1.29, 1.82) is 0 Å². The molecular formula is C20H17ClN4O4S. The van der Waals surface area contributed by atoms with Gasteiger partial charge in [0.15, 0.2) is 16.7 Å². The van der Waals surface area contributed by atoms with Gasteiger partial charge in [0.2, 0.25) is 5.91 Å². The summed E-state index contributed by atoms with van der Waals surface area (Å²) in [4.78, 5) is 27.1. The molecule has 0 bridgehead atoms. The molecule has 4 rings (SSSR count). The van der Waals surface area contributed by atoms with Crippen LogP contribution in [0.15, 0.2) is 52.4 Å². The fourth-order valence-electron chi connectivity index (χ4n) is 2.77. The molecule has 8 nitrogen and oxygen atoms in total. The molecule has 1 aliphatic heterocycles. The molecule has 0 atom stereocenters. The third kappa shape index (κ3) is 5.11. The number of rotatable bonds is 6. The highest BCUT2D eigenvalue weighted by Gasteiger charge is 2.13. The van der Waals surface area contributed by atoms with Gasteiger partial charge in [-0.25, -0.2) is 0 Å². The van der Waals surface area contributed by atoms with Gasteiger partial charge in [-0.3, -0.25) is 14.6 Å². The van der Waals surface area contributed by atoms with Crippen molar-refractivity contribution >= 4 is 35.0 Å². The van der Waals surface area contributed by atoms with Crippen LogP contribution in [-0.2, 0) is 11.2 Å². The van der Waals surface area contributed by atoms with Gasteiger partial charge in [-0.05, 0) is 29.8 Å². The number of carbonyl (C=O) groups excluding carboxylic acids is 1. The van der Waals surface area contributed by atoms with Gasteiger partial charge in [0.25, 0.3) is 5.56 Å². The van der Waals surface area contributed by atoms with Crippen LogP contribution in [0.1, 0.15) is 11.3 Å². The highest BCUT2D eigenvalue weighted by Crippen LogP contribution is 2.32. The summed E-state index contributed by atoms with van der Waals surface area (Å²) in [5.41, 5.74) is 1.46. The van der Waals surface area contributed by atoms with Crippen LogP contribution in [0.5, 0.6) is 11.5 Å². The maximum atomic E-state index is 12.3. The number of nitrogens with one attached hydrogen (secondary N) is 2. The maximum Gasteiger partial charge on any atom is 0.273 e. The zero-order chi connectivity index (χ0) is 20.9. The van der Waals surface area contributed by atoms with Crippen molar-refractivity contribution in [2.75, 3.05) is 24.3 Å². The highest BCUT2D eigenvalue weighted by molar-refractivity contribution is 7.99. The quantitative estimate of drug-likeness (QED) is 0.563. The second-order valence-electron chi connectivity index (χ2n) is 6.40. The van der Waals surface area contributed by atoms with Crippen LogP contribution in [0.2, 0.25) is 5.02 Å². The van der Waals surface area contributed by atoms with E-state index in [2.05, 4.69) is 20.5 Å². The van der Waals surface area contributed by atoms with E-state index in [0.717, 1.165) is 17.3 Å². The number of aromatic nitrogens is 3. The van der Waals surface area contributed by atoms with E-state index in [1.165, 1.54) is 0 Å². The number of hydrogen-bond donors (Lipinski definition) is 2. The molecule has 1 aromatic heterocycles. The average molecular weight is 445 g/mol. The molecule has 0 saturated heterocycles. The number of fused-ring (bicyclic) bond motifs is 1. The Bertz CT molecular complexity index is 1120. The summed E-state index contributed by atoms with van der Waals surface area (Å²) in [7, 11) is 0. The predicted molar refractivity (Wildman–Crippen MR) is 114 cm³/mol. The van der Waals surface area contributed by atoms with E-state index in [-0.39, 0.29) is 22.4 Å². The first-order valence-corrected chi connectivity index (χ1v) is 10.5. The molecule has 0 spiro atoms. The van der Waals surface area contributed by atoms with Crippen LogP contribution in [0.25, 0.3) is 0 Å². The minimum Gasteiger partial charge on any atom is -0.486 e. The third-order valence-corrected chi connectivity index (χ3v) is 5.31. The molecule has 154 valence electrons. The van der Waals surface area contributed by atoms with Crippen molar-refractivity contribution in [2.24, 2.45) is 0 Å². The largest absolute Gasteiger partial charge is 0.486 e. The van der Waals surface area contributed by atoms with Gasteiger partial charge < -0.3 is 14.8 Å². The number of carbonyl (C=O) groups is 1. The first-order chi connectivity index (χ1) is 14.6. The van der Waals surface area contributed by atoms with Crippen LogP contribution >= 0.6 is 23.4 Å². The van der Waals surface area contributed by atoms with E-state index in [4.69, 9.17) is 21.1 Å². The Labute approximate surface area is 181 Å². The Morgan fingerprint density at radius 2 is 1.87 bits per heavy atom. The SMILES string of the molecule is O=C(CSc1nnc(Cc2ccc(Cl)cc2)c(=O)[nH]1)Nc1ccc2c(c1)OCCO2. The lowest BCUT2D eigenvalue weighted by Crippen LogP contribution is -2.19. The minimum absolute atomic E-state index is 0.0651. The Hall–Kier alpha value is -3.04. The predicted octanol–water partition coefficient (Wildman–Crippen LogP) is 2.91. The molecule has 10 heteroatoms. The summed E-state index contributed by atoms with van der Waals surface area (Å²) in [6.45, 7) is 0.980. The van der Waals surface area contributed by atoms with E-state index in [1.54, 1.807) is 30.3 Å². The van der Waals surface area contributed by atoms with E-state index >= 15 is 0 Å². The fraction of sp³-hybridized carbons (Fsp3) is 0.200. The van der Waals surface area contributed by atoms with Crippen LogP contribution in [0, 0.1) is 0 Å². The first-order valence-electron chi connectivity index (χ1n) is 9.09. The molecule has 1 aliphatic rings. The molecule has 0 aliphatic carbocycles. The van der Waals surface area contributed by atoms with Gasteiger partial charge in [0.05, 0.1) is 5.75 Å². The Morgan fingerprint density at radius 1 is 1.10 bits per heavy atom. The van der Waals surface area contributed by atoms with Gasteiger partial charge in [-0.1, -0.05) is 35.5 Å². The Morgan fingerprint density at radius 3 is 2.63 bits per heavy atom. The highest BCUT2D eigenvalue weighted by atomic mass is 35.5. The molecule has 30 heavy (non-hydrogen) atoms. The van der Waals surface area contributed by atoms with E-state index in [9.17, 15) is 9.59 Å². The number of halogens is 1. The summed E-state index contributed by atoms with van der Waals surface area (Å²) < 4.78 is 11.0. The molecule has 1 amide bonds. The Balaban J connectivity index is 1.33. The topological polar surface area (TPSA) is 106 Å². The van der Waals surface area contributed by atoms with Crippen molar-refractivity contribution in [3.63, 3.8) is 0 Å². The van der Waals surface area contributed by atoms with Crippen molar-refractivity contribution in [3.05, 3.63) is 69.1 Å². The van der Waals surface area contributed by atoms with E-state index in [0.29, 0.717) is 47.5 Å². The second-order valence-corrected chi connectivity index (χ2v) is 7.80. The molecule has 0 radical (unpaired) electrons. The smallest absolute Gasteiger partial charge is 0.273 e. The van der Waals surface area contributed by atoms with Crippen molar-refractivity contribution < 1.29 is 14.3 Å². The number of anilines is 1. The summed E-state index contributed by atoms with van der Waals surface area (Å²) in [6.07, 6.45) is 0.342. The average Bonchev–Trinajstić information content (AvgIpc) is 2.75. The fourth-order valence-corrected chi connectivity index (χ4v) is 3.50. The number of hydrogen-bond acceptors (Lipinski definition) is 7. The van der Waals surface area contributed by atoms with Gasteiger partial charge >= 0.3 is 0 Å². The number of H-pyrrole nitrogens is 1. The van der Waals surface area contributed by atoms with Crippen molar-refractivity contribution in [3.8, 4) is 11.5 Å². The Kier molecular flexibility index (Phi) is 6.20. The second kappa shape index (κ2) is 9.19. The van der Waals surface area contributed by atoms with Crippen molar-refractivity contribution in [2.45, 2.75) is 11.6 Å². The van der Waals surface area contributed by atoms with Gasteiger partial charge in [0.1, 0.15) is 18.9 Å². The van der Waals surface area contributed by atoms with E-state index in [1.807, 2.05) is 12.1 Å². The molecule has 2 heterocycles. The van der Waals surface area contributed by atoms with Gasteiger partial charge in [-0.15, -0.1) is 10.2 Å². The molecule has 0 unspecified atom stereocenters. The lowest BCUT2D eigenvalue weighted by molar-refractivity contribution is -0.113. The summed E-state index contributed by atoms with van der Waals surface area (Å²) in [5.74, 6) is 1.07. The zero-order valence-electron chi connectivity index (χ0n) is 15.7. The number of ether oxygens (including phenoxy) is 2. The lowest BCUT2D eigenvalue weighted by atomic mass is 10.1. The van der Waals surface area contributed by atoms with Crippen LogP contribution in [0.3, 0.4) is 0 Å². The van der Waals surface area contributed by atoms with Crippen LogP contribution in [-0.4, -0.2) is 40.1 Å². The van der Waals surface area contributed by atoms with Crippen molar-refractivity contribution in [1.82, 2.24) is 15.2 Å². The van der Waals surface area contributed by atoms with Gasteiger partial charge in [-0.2, -0.15) is 0 Å². The normalized spacial score (nSPS) is 12.4. The number of thioether (sulfide) groups is 1. The first kappa shape index (κ1) is 20.2. The number of nitrogens with zero attached hydrogens (tertiary/aromatic N) is 2.